The summed E-state index contributed by atoms with van der Waals surface area (Å²) in [6.07, 6.45) is 7.97. The molecule has 178 valence electrons. The molecule has 0 saturated carbocycles. The quantitative estimate of drug-likeness (QED) is 0.267. The van der Waals surface area contributed by atoms with Crippen LogP contribution >= 0.6 is 11.9 Å². The van der Waals surface area contributed by atoms with Gasteiger partial charge in [0.1, 0.15) is 0 Å². The first-order valence-corrected chi connectivity index (χ1v) is 12.2. The molecule has 0 bridgehead atoms. The highest BCUT2D eigenvalue weighted by Gasteiger charge is 2.21. The van der Waals surface area contributed by atoms with Crippen LogP contribution < -0.4 is 20.5 Å². The Kier molecular flexibility index (Phi) is 8.66. The van der Waals surface area contributed by atoms with Gasteiger partial charge in [-0.3, -0.25) is 9.71 Å². The molecule has 4 N–H and O–H groups in total. The van der Waals surface area contributed by atoms with Crippen molar-refractivity contribution in [2.24, 2.45) is 10.7 Å². The van der Waals surface area contributed by atoms with E-state index >= 15 is 0 Å². The number of aryl methyl sites for hydroxylation is 1. The normalized spacial score (nSPS) is 13.9. The summed E-state index contributed by atoms with van der Waals surface area (Å²) in [6.45, 7) is 8.21. The van der Waals surface area contributed by atoms with Crippen molar-refractivity contribution in [3.63, 3.8) is 0 Å². The predicted octanol–water partition coefficient (Wildman–Crippen LogP) is 5.03. The molecule has 1 aromatic carbocycles. The maximum Gasteiger partial charge on any atom is 0.329 e. The van der Waals surface area contributed by atoms with Crippen LogP contribution in [0.4, 0.5) is 10.5 Å². The summed E-state index contributed by atoms with van der Waals surface area (Å²) in [6, 6.07) is 7.66. The number of aromatic nitrogens is 1. The van der Waals surface area contributed by atoms with Crippen molar-refractivity contribution < 1.29 is 9.53 Å². The van der Waals surface area contributed by atoms with Crippen molar-refractivity contribution in [3.05, 3.63) is 52.7 Å². The lowest BCUT2D eigenvalue weighted by Crippen LogP contribution is -2.25. The zero-order valence-corrected chi connectivity index (χ0v) is 21.0. The van der Waals surface area contributed by atoms with Crippen LogP contribution in [0.5, 0.6) is 5.88 Å². The average molecular weight is 477 g/mol. The van der Waals surface area contributed by atoms with Gasteiger partial charge in [-0.2, -0.15) is 0 Å². The second-order valence-corrected chi connectivity index (χ2v) is 10.1. The van der Waals surface area contributed by atoms with Gasteiger partial charge in [-0.05, 0) is 61.9 Å². The number of carbonyl (C=O) groups excluding carboxylic acids is 1. The van der Waals surface area contributed by atoms with Crippen LogP contribution in [0.2, 0.25) is 5.31 Å². The maximum absolute atomic E-state index is 12.8. The van der Waals surface area contributed by atoms with Crippen LogP contribution in [0.15, 0.2) is 46.6 Å². The highest BCUT2D eigenvalue weighted by molar-refractivity contribution is 8.01. The van der Waals surface area contributed by atoms with Gasteiger partial charge in [0, 0.05) is 42.5 Å². The Morgan fingerprint density at radius 1 is 1.35 bits per heavy atom. The molecule has 2 radical (unpaired) electrons. The van der Waals surface area contributed by atoms with E-state index in [-0.39, 0.29) is 17.4 Å². The van der Waals surface area contributed by atoms with E-state index in [2.05, 4.69) is 26.1 Å². The number of anilines is 1. The number of nitrogens with one attached hydrogen (secondary N) is 2. The van der Waals surface area contributed by atoms with Crippen LogP contribution in [0.1, 0.15) is 45.2 Å². The SMILES string of the molecule is [B]C(C)(C)CN=C/C=C(\N)SNC(=O)Nc1c(-c2ccnc(OC(C)C)c2)ccc2c1CCC2. The Balaban J connectivity index is 1.74. The third-order valence-electron chi connectivity index (χ3n) is 5.03. The first-order valence-electron chi connectivity index (χ1n) is 11.4. The third-order valence-corrected chi connectivity index (χ3v) is 5.69. The number of hydrogen-bond donors (Lipinski definition) is 3. The molecule has 0 spiro atoms. The zero-order valence-electron chi connectivity index (χ0n) is 20.2. The minimum Gasteiger partial charge on any atom is -0.475 e. The van der Waals surface area contributed by atoms with Crippen LogP contribution in [0.25, 0.3) is 11.1 Å². The van der Waals surface area contributed by atoms with Gasteiger partial charge in [0.15, 0.2) is 0 Å². The van der Waals surface area contributed by atoms with Gasteiger partial charge in [0.25, 0.3) is 0 Å². The van der Waals surface area contributed by atoms with Gasteiger partial charge < -0.3 is 15.8 Å². The third kappa shape index (κ3) is 7.55. The fraction of sp³-hybridized carbons (Fsp3) is 0.400. The molecule has 1 aliphatic carbocycles. The van der Waals surface area contributed by atoms with Gasteiger partial charge in [0.2, 0.25) is 5.88 Å². The van der Waals surface area contributed by atoms with Crippen LogP contribution in [-0.2, 0) is 12.8 Å². The van der Waals surface area contributed by atoms with Crippen LogP contribution in [-0.4, -0.2) is 37.7 Å². The first-order chi connectivity index (χ1) is 16.1. The Hall–Kier alpha value is -2.94. The summed E-state index contributed by atoms with van der Waals surface area (Å²) in [7, 11) is 5.90. The summed E-state index contributed by atoms with van der Waals surface area (Å²) >= 11 is 1.03. The van der Waals surface area contributed by atoms with Gasteiger partial charge in [0.05, 0.1) is 24.7 Å². The molecule has 3 rings (SSSR count). The number of fused-ring (bicyclic) bond motifs is 1. The van der Waals surface area contributed by atoms with E-state index in [0.717, 1.165) is 48.0 Å². The molecule has 2 amide bonds. The summed E-state index contributed by atoms with van der Waals surface area (Å²) < 4.78 is 8.51. The van der Waals surface area contributed by atoms with E-state index in [0.29, 0.717) is 17.5 Å². The standard InChI is InChI=1S/C25H32BN5O2S/c1-16(2)33-22-14-18(10-13-29-22)20-9-8-17-6-5-7-19(17)23(20)30-24(32)31-34-21(27)11-12-28-15-25(3,4)26/h8-14,16H,5-7,15,27H2,1-4H3,(H2,30,31,32)/b21-11+,28-12?. The molecule has 0 atom stereocenters. The van der Waals surface area contributed by atoms with E-state index in [1.807, 2.05) is 45.9 Å². The van der Waals surface area contributed by atoms with Gasteiger partial charge in [-0.15, -0.1) is 0 Å². The Bertz CT molecular complexity index is 1080. The number of aliphatic imine (C=N–C) groups is 1. The van der Waals surface area contributed by atoms with Crippen LogP contribution in [0, 0.1) is 0 Å². The number of rotatable bonds is 9. The lowest BCUT2D eigenvalue weighted by molar-refractivity contribution is 0.233. The summed E-state index contributed by atoms with van der Waals surface area (Å²) in [5.41, 5.74) is 11.1. The van der Waals surface area contributed by atoms with E-state index in [9.17, 15) is 4.79 Å². The molecule has 0 saturated heterocycles. The van der Waals surface area contributed by atoms with Crippen molar-refractivity contribution in [1.29, 1.82) is 0 Å². The predicted molar refractivity (Wildman–Crippen MR) is 143 cm³/mol. The zero-order chi connectivity index (χ0) is 24.7. The smallest absolute Gasteiger partial charge is 0.329 e. The molecule has 7 nitrogen and oxygen atoms in total. The molecule has 34 heavy (non-hydrogen) atoms. The molecule has 0 unspecified atom stereocenters. The molecule has 0 fully saturated rings. The van der Waals surface area contributed by atoms with E-state index in [1.165, 1.54) is 11.1 Å². The van der Waals surface area contributed by atoms with E-state index in [1.54, 1.807) is 18.5 Å². The largest absolute Gasteiger partial charge is 0.475 e. The molecule has 1 heterocycles. The molecule has 1 aromatic heterocycles. The Labute approximate surface area is 207 Å². The monoisotopic (exact) mass is 477 g/mol. The first kappa shape index (κ1) is 25.7. The molecule has 9 heteroatoms. The van der Waals surface area contributed by atoms with Crippen molar-refractivity contribution >= 4 is 37.7 Å². The maximum atomic E-state index is 12.8. The minimum absolute atomic E-state index is 0.0218. The topological polar surface area (TPSA) is 102 Å². The van der Waals surface area contributed by atoms with Gasteiger partial charge in [-0.1, -0.05) is 31.3 Å². The van der Waals surface area contributed by atoms with Crippen molar-refractivity contribution in [1.82, 2.24) is 9.71 Å². The molecule has 0 aliphatic heterocycles. The van der Waals surface area contributed by atoms with E-state index < -0.39 is 0 Å². The second-order valence-electron chi connectivity index (χ2n) is 9.23. The Morgan fingerprint density at radius 3 is 2.88 bits per heavy atom. The number of carbonyl (C=O) groups is 1. The highest BCUT2D eigenvalue weighted by Crippen LogP contribution is 2.38. The number of hydrogen-bond acceptors (Lipinski definition) is 6. The number of amides is 2. The Morgan fingerprint density at radius 2 is 2.15 bits per heavy atom. The molecule has 1 aliphatic rings. The fourth-order valence-electron chi connectivity index (χ4n) is 3.63. The number of ether oxygens (including phenoxy) is 1. The number of nitrogens with zero attached hydrogens (tertiary/aromatic N) is 2. The minimum atomic E-state index is -0.380. The number of urea groups is 1. The molecular formula is C25H32BN5O2S. The lowest BCUT2D eigenvalue weighted by Gasteiger charge is -2.17. The fourth-order valence-corrected chi connectivity index (χ4v) is 4.02. The number of pyridine rings is 1. The number of benzene rings is 1. The van der Waals surface area contributed by atoms with Gasteiger partial charge >= 0.3 is 6.03 Å². The van der Waals surface area contributed by atoms with Crippen LogP contribution in [0.3, 0.4) is 0 Å². The number of allylic oxidation sites excluding steroid dienone is 1. The summed E-state index contributed by atoms with van der Waals surface area (Å²) in [5, 5.41) is 3.08. The van der Waals surface area contributed by atoms with E-state index in [4.69, 9.17) is 18.3 Å². The summed E-state index contributed by atoms with van der Waals surface area (Å²) in [5.74, 6) is 0.552. The second kappa shape index (κ2) is 11.5. The summed E-state index contributed by atoms with van der Waals surface area (Å²) in [4.78, 5) is 21.3. The van der Waals surface area contributed by atoms with Crippen molar-refractivity contribution in [2.45, 2.75) is 58.4 Å². The highest BCUT2D eigenvalue weighted by atomic mass is 32.2. The van der Waals surface area contributed by atoms with Crippen molar-refractivity contribution in [2.75, 3.05) is 11.9 Å². The average Bonchev–Trinajstić information content (AvgIpc) is 3.24. The molecule has 2 aromatic rings. The van der Waals surface area contributed by atoms with Gasteiger partial charge in [-0.25, -0.2) is 9.78 Å². The number of nitrogens with two attached hydrogens (primary N) is 1. The molecular weight excluding hydrogens is 445 g/mol. The van der Waals surface area contributed by atoms with Crippen molar-refractivity contribution in [3.8, 4) is 17.0 Å². The lowest BCUT2D eigenvalue weighted by atomic mass is 9.73.